The molecule has 1 spiro atoms. The molecule has 3 aliphatic rings. The summed E-state index contributed by atoms with van der Waals surface area (Å²) in [5, 5.41) is 1.30. The van der Waals surface area contributed by atoms with Crippen LogP contribution in [0.1, 0.15) is 45.4 Å². The number of nitrogens with zero attached hydrogens (tertiary/aromatic N) is 3. The Morgan fingerprint density at radius 3 is 3.04 bits per heavy atom. The summed E-state index contributed by atoms with van der Waals surface area (Å²) in [6.45, 7) is 7.23. The quantitative estimate of drug-likeness (QED) is 0.923. The number of rotatable bonds is 4. The molecule has 1 N–H and O–H groups in total. The minimum absolute atomic E-state index is 0.461. The van der Waals surface area contributed by atoms with Crippen molar-refractivity contribution in [3.63, 3.8) is 0 Å². The average molecular weight is 312 g/mol. The lowest BCUT2D eigenvalue weighted by molar-refractivity contribution is 0.172. The Kier molecular flexibility index (Phi) is 4.02. The molecule has 0 unspecified atom stereocenters. The van der Waals surface area contributed by atoms with Crippen molar-refractivity contribution < 1.29 is 0 Å². The van der Waals surface area contributed by atoms with Crippen molar-refractivity contribution in [2.75, 3.05) is 26.2 Å². The standard InChI is InChI=1S/C19H28N4/c1-2-3-13-23-14-5-12-22(15-19(23)8-9-19)17-6-4-10-20-18-16(17)7-11-21-18/h4,7,10-11H,2-3,5-6,8-9,12-15H2,1H3,(H,20,21). The van der Waals surface area contributed by atoms with Gasteiger partial charge in [-0.25, -0.2) is 4.99 Å². The lowest BCUT2D eigenvalue weighted by atomic mass is 10.1. The molecule has 2 fully saturated rings. The van der Waals surface area contributed by atoms with E-state index in [0.717, 1.165) is 11.9 Å². The van der Waals surface area contributed by atoms with Gasteiger partial charge >= 0.3 is 0 Å². The fraction of sp³-hybridized carbons (Fsp3) is 0.632. The van der Waals surface area contributed by atoms with Crippen LogP contribution in [0, 0.1) is 0 Å². The van der Waals surface area contributed by atoms with Gasteiger partial charge in [0.15, 0.2) is 0 Å². The summed E-state index contributed by atoms with van der Waals surface area (Å²) in [4.78, 5) is 13.3. The third-order valence-corrected chi connectivity index (χ3v) is 5.66. The predicted octanol–water partition coefficient (Wildman–Crippen LogP) is 2.00. The summed E-state index contributed by atoms with van der Waals surface area (Å²) < 4.78 is 0. The van der Waals surface area contributed by atoms with E-state index in [4.69, 9.17) is 0 Å². The van der Waals surface area contributed by atoms with Crippen LogP contribution in [0.3, 0.4) is 0 Å². The Morgan fingerprint density at radius 1 is 1.30 bits per heavy atom. The van der Waals surface area contributed by atoms with E-state index < -0.39 is 0 Å². The SMILES string of the molecule is CCCCN1CCCN(C2=c3cc[nH]c3=NC=CC2)CC12CC2. The Bertz CT molecular complexity index is 695. The molecule has 3 heterocycles. The van der Waals surface area contributed by atoms with E-state index in [0.29, 0.717) is 5.54 Å². The molecule has 2 aliphatic heterocycles. The average Bonchev–Trinajstić information content (AvgIpc) is 3.29. The third kappa shape index (κ3) is 2.85. The van der Waals surface area contributed by atoms with Gasteiger partial charge in [-0.2, -0.15) is 0 Å². The summed E-state index contributed by atoms with van der Waals surface area (Å²) in [5.41, 5.74) is 2.94. The highest BCUT2D eigenvalue weighted by molar-refractivity contribution is 5.46. The van der Waals surface area contributed by atoms with Gasteiger partial charge in [-0.05, 0) is 38.3 Å². The van der Waals surface area contributed by atoms with Crippen LogP contribution in [0.2, 0.25) is 0 Å². The first kappa shape index (κ1) is 15.0. The second-order valence-electron chi connectivity index (χ2n) is 7.24. The summed E-state index contributed by atoms with van der Waals surface area (Å²) in [5.74, 6) is 0. The Hall–Kier alpha value is -1.55. The van der Waals surface area contributed by atoms with Gasteiger partial charge in [0.2, 0.25) is 0 Å². The molecule has 1 saturated carbocycles. The number of unbranched alkanes of at least 4 members (excludes halogenated alkanes) is 1. The number of aromatic amines is 1. The Balaban J connectivity index is 1.63. The molecule has 1 aliphatic carbocycles. The summed E-state index contributed by atoms with van der Waals surface area (Å²) in [6.07, 6.45) is 13.8. The number of H-pyrrole nitrogens is 1. The van der Waals surface area contributed by atoms with E-state index in [-0.39, 0.29) is 0 Å². The van der Waals surface area contributed by atoms with Gasteiger partial charge in [-0.1, -0.05) is 19.4 Å². The maximum Gasteiger partial charge on any atom is 0.138 e. The van der Waals surface area contributed by atoms with Gasteiger partial charge in [-0.3, -0.25) is 4.90 Å². The molecular formula is C19H28N4. The first-order valence-electron chi connectivity index (χ1n) is 9.22. The number of nitrogens with one attached hydrogen (secondary N) is 1. The van der Waals surface area contributed by atoms with Crippen LogP contribution >= 0.6 is 0 Å². The largest absolute Gasteiger partial charge is 0.372 e. The van der Waals surface area contributed by atoms with Crippen molar-refractivity contribution in [1.82, 2.24) is 14.8 Å². The third-order valence-electron chi connectivity index (χ3n) is 5.66. The summed E-state index contributed by atoms with van der Waals surface area (Å²) in [7, 11) is 0. The van der Waals surface area contributed by atoms with Crippen LogP contribution in [0.15, 0.2) is 29.5 Å². The first-order valence-corrected chi connectivity index (χ1v) is 9.22. The maximum atomic E-state index is 4.53. The zero-order chi connectivity index (χ0) is 15.7. The van der Waals surface area contributed by atoms with Crippen LogP contribution in [0.5, 0.6) is 0 Å². The van der Waals surface area contributed by atoms with Gasteiger partial charge in [0.25, 0.3) is 0 Å². The molecule has 1 aromatic heterocycles. The second kappa shape index (κ2) is 6.16. The zero-order valence-electron chi connectivity index (χ0n) is 14.2. The van der Waals surface area contributed by atoms with Gasteiger partial charge in [0.05, 0.1) is 0 Å². The van der Waals surface area contributed by atoms with Gasteiger partial charge in [0, 0.05) is 54.9 Å². The van der Waals surface area contributed by atoms with E-state index in [2.05, 4.69) is 38.8 Å². The minimum Gasteiger partial charge on any atom is -0.372 e. The molecule has 1 saturated heterocycles. The second-order valence-corrected chi connectivity index (χ2v) is 7.24. The first-order chi connectivity index (χ1) is 11.3. The smallest absolute Gasteiger partial charge is 0.138 e. The summed E-state index contributed by atoms with van der Waals surface area (Å²) in [6, 6.07) is 2.19. The molecule has 0 atom stereocenters. The van der Waals surface area contributed by atoms with Crippen molar-refractivity contribution in [2.24, 2.45) is 4.99 Å². The fourth-order valence-electron chi connectivity index (χ4n) is 4.17. The number of hydrogen-bond acceptors (Lipinski definition) is 3. The highest BCUT2D eigenvalue weighted by Crippen LogP contribution is 2.44. The monoisotopic (exact) mass is 312 g/mol. The molecule has 0 aromatic carbocycles. The lowest BCUT2D eigenvalue weighted by Gasteiger charge is -2.33. The molecule has 4 nitrogen and oxygen atoms in total. The lowest BCUT2D eigenvalue weighted by Crippen LogP contribution is -2.44. The van der Waals surface area contributed by atoms with Crippen molar-refractivity contribution in [3.05, 3.63) is 35.2 Å². The molecule has 124 valence electrons. The van der Waals surface area contributed by atoms with E-state index in [1.807, 2.05) is 12.4 Å². The number of aromatic nitrogens is 1. The van der Waals surface area contributed by atoms with Crippen LogP contribution < -0.4 is 10.7 Å². The molecule has 23 heavy (non-hydrogen) atoms. The molecule has 4 heteroatoms. The van der Waals surface area contributed by atoms with E-state index in [1.54, 1.807) is 0 Å². The Labute approximate surface area is 138 Å². The van der Waals surface area contributed by atoms with E-state index in [1.165, 1.54) is 69.2 Å². The van der Waals surface area contributed by atoms with Gasteiger partial charge < -0.3 is 9.88 Å². The van der Waals surface area contributed by atoms with Crippen LogP contribution in [0.4, 0.5) is 0 Å². The highest BCUT2D eigenvalue weighted by atomic mass is 15.3. The molecule has 0 radical (unpaired) electrons. The zero-order valence-corrected chi connectivity index (χ0v) is 14.2. The van der Waals surface area contributed by atoms with Crippen molar-refractivity contribution in [1.29, 1.82) is 0 Å². The van der Waals surface area contributed by atoms with Crippen LogP contribution in [-0.4, -0.2) is 46.5 Å². The van der Waals surface area contributed by atoms with Crippen molar-refractivity contribution in [2.45, 2.75) is 51.0 Å². The molecule has 0 bridgehead atoms. The van der Waals surface area contributed by atoms with Gasteiger partial charge in [-0.15, -0.1) is 0 Å². The maximum absolute atomic E-state index is 4.53. The fourth-order valence-corrected chi connectivity index (χ4v) is 4.17. The molecule has 0 amide bonds. The molecule has 4 rings (SSSR count). The highest BCUT2D eigenvalue weighted by Gasteiger charge is 2.49. The minimum atomic E-state index is 0.461. The van der Waals surface area contributed by atoms with E-state index >= 15 is 0 Å². The van der Waals surface area contributed by atoms with Crippen molar-refractivity contribution >= 4 is 5.70 Å². The number of fused-ring (bicyclic) bond motifs is 1. The summed E-state index contributed by atoms with van der Waals surface area (Å²) >= 11 is 0. The Morgan fingerprint density at radius 2 is 2.22 bits per heavy atom. The van der Waals surface area contributed by atoms with Crippen LogP contribution in [-0.2, 0) is 0 Å². The topological polar surface area (TPSA) is 34.6 Å². The van der Waals surface area contributed by atoms with Crippen molar-refractivity contribution in [3.8, 4) is 0 Å². The van der Waals surface area contributed by atoms with Gasteiger partial charge in [0.1, 0.15) is 5.49 Å². The van der Waals surface area contributed by atoms with Crippen LogP contribution in [0.25, 0.3) is 5.70 Å². The number of hydrogen-bond donors (Lipinski definition) is 1. The normalized spacial score (nSPS) is 23.3. The molecular weight excluding hydrogens is 284 g/mol. The van der Waals surface area contributed by atoms with E-state index in [9.17, 15) is 0 Å². The predicted molar refractivity (Wildman–Crippen MR) is 93.4 cm³/mol. The molecule has 1 aromatic rings.